The Morgan fingerprint density at radius 2 is 2.00 bits per heavy atom. The topological polar surface area (TPSA) is 41.5 Å². The summed E-state index contributed by atoms with van der Waals surface area (Å²) in [6.07, 6.45) is 2.15. The highest BCUT2D eigenvalue weighted by Gasteiger charge is 2.27. The molecule has 1 aromatic carbocycles. The lowest BCUT2D eigenvalue weighted by molar-refractivity contribution is 0.105. The molecule has 0 spiro atoms. The van der Waals surface area contributed by atoms with Gasteiger partial charge in [-0.3, -0.25) is 0 Å². The molecule has 1 aliphatic rings. The minimum atomic E-state index is -0.545. The van der Waals surface area contributed by atoms with Crippen LogP contribution < -0.4 is 10.1 Å². The number of hydrogen-bond donors (Lipinski definition) is 2. The van der Waals surface area contributed by atoms with E-state index < -0.39 is 6.10 Å². The summed E-state index contributed by atoms with van der Waals surface area (Å²) in [7, 11) is 0. The third-order valence-electron chi connectivity index (χ3n) is 3.53. The molecule has 3 nitrogen and oxygen atoms in total. The lowest BCUT2D eigenvalue weighted by atomic mass is 10.1. The summed E-state index contributed by atoms with van der Waals surface area (Å²) < 4.78 is 18.1. The second-order valence-corrected chi connectivity index (χ2v) is 5.39. The molecule has 0 amide bonds. The van der Waals surface area contributed by atoms with E-state index in [1.54, 1.807) is 12.1 Å². The van der Waals surface area contributed by atoms with Crippen LogP contribution in [-0.4, -0.2) is 30.9 Å². The third-order valence-corrected chi connectivity index (χ3v) is 3.53. The van der Waals surface area contributed by atoms with E-state index in [0.717, 1.165) is 12.5 Å². The first kappa shape index (κ1) is 14.3. The molecule has 2 rings (SSSR count). The van der Waals surface area contributed by atoms with Crippen LogP contribution in [0.25, 0.3) is 0 Å². The Bertz CT molecular complexity index is 378. The number of ether oxygens (including phenoxy) is 1. The first-order chi connectivity index (χ1) is 9.15. The molecular weight excluding hydrogens is 245 g/mol. The van der Waals surface area contributed by atoms with Crippen LogP contribution in [0.3, 0.4) is 0 Å². The van der Waals surface area contributed by atoms with Gasteiger partial charge in [0.15, 0.2) is 0 Å². The number of rotatable bonds is 8. The van der Waals surface area contributed by atoms with E-state index in [1.165, 1.54) is 25.0 Å². The molecule has 2 N–H and O–H groups in total. The molecule has 1 fully saturated rings. The molecule has 0 saturated heterocycles. The van der Waals surface area contributed by atoms with Crippen molar-refractivity contribution < 1.29 is 14.2 Å². The Kier molecular flexibility index (Phi) is 5.16. The fourth-order valence-electron chi connectivity index (χ4n) is 2.09. The average molecular weight is 267 g/mol. The fraction of sp³-hybridized carbons (Fsp3) is 0.600. The van der Waals surface area contributed by atoms with Gasteiger partial charge in [-0.05, 0) is 55.5 Å². The van der Waals surface area contributed by atoms with E-state index in [0.29, 0.717) is 18.2 Å². The van der Waals surface area contributed by atoms with Crippen LogP contribution in [0.15, 0.2) is 24.3 Å². The maximum Gasteiger partial charge on any atom is 0.123 e. The summed E-state index contributed by atoms with van der Waals surface area (Å²) in [6, 6.07) is 5.81. The molecule has 2 unspecified atom stereocenters. The van der Waals surface area contributed by atoms with Crippen LogP contribution >= 0.6 is 0 Å². The van der Waals surface area contributed by atoms with Crippen molar-refractivity contribution in [2.45, 2.75) is 25.9 Å². The van der Waals surface area contributed by atoms with E-state index in [4.69, 9.17) is 4.74 Å². The van der Waals surface area contributed by atoms with Gasteiger partial charge in [0.25, 0.3) is 0 Å². The Labute approximate surface area is 113 Å². The summed E-state index contributed by atoms with van der Waals surface area (Å²) >= 11 is 0. The van der Waals surface area contributed by atoms with Gasteiger partial charge in [-0.1, -0.05) is 6.92 Å². The first-order valence-electron chi connectivity index (χ1n) is 6.92. The molecule has 1 aliphatic carbocycles. The maximum atomic E-state index is 12.7. The molecule has 1 saturated carbocycles. The van der Waals surface area contributed by atoms with Gasteiger partial charge >= 0.3 is 0 Å². The van der Waals surface area contributed by atoms with E-state index in [1.807, 2.05) is 0 Å². The second-order valence-electron chi connectivity index (χ2n) is 5.39. The monoisotopic (exact) mass is 267 g/mol. The normalized spacial score (nSPS) is 18.1. The zero-order valence-corrected chi connectivity index (χ0v) is 11.3. The number of benzene rings is 1. The van der Waals surface area contributed by atoms with Crippen LogP contribution in [-0.2, 0) is 0 Å². The number of aliphatic hydroxyl groups is 1. The second kappa shape index (κ2) is 6.87. The van der Waals surface area contributed by atoms with Gasteiger partial charge in [0, 0.05) is 6.54 Å². The van der Waals surface area contributed by atoms with Crippen molar-refractivity contribution in [3.05, 3.63) is 30.1 Å². The van der Waals surface area contributed by atoms with Crippen molar-refractivity contribution >= 4 is 0 Å². The number of nitrogens with one attached hydrogen (secondary N) is 1. The number of halogens is 1. The highest BCUT2D eigenvalue weighted by atomic mass is 19.1. The largest absolute Gasteiger partial charge is 0.491 e. The van der Waals surface area contributed by atoms with E-state index in [-0.39, 0.29) is 12.4 Å². The molecular formula is C15H22FNO2. The molecule has 2 atom stereocenters. The summed E-state index contributed by atoms with van der Waals surface area (Å²) in [6.45, 7) is 3.93. The standard InChI is InChI=1S/C15H22FNO2/c1-11(12-2-3-12)8-17-9-14(18)10-19-15-6-4-13(16)5-7-15/h4-7,11-12,14,17-18H,2-3,8-10H2,1H3. The fourth-order valence-corrected chi connectivity index (χ4v) is 2.09. The SMILES string of the molecule is CC(CNCC(O)COc1ccc(F)cc1)C1CC1. The van der Waals surface area contributed by atoms with Crippen molar-refractivity contribution in [2.75, 3.05) is 19.7 Å². The Balaban J connectivity index is 1.58. The zero-order chi connectivity index (χ0) is 13.7. The lowest BCUT2D eigenvalue weighted by Crippen LogP contribution is -2.34. The van der Waals surface area contributed by atoms with Crippen molar-refractivity contribution in [1.82, 2.24) is 5.32 Å². The summed E-state index contributed by atoms with van der Waals surface area (Å²) in [5, 5.41) is 13.0. The van der Waals surface area contributed by atoms with Crippen LogP contribution in [0.2, 0.25) is 0 Å². The van der Waals surface area contributed by atoms with Gasteiger partial charge in [0.2, 0.25) is 0 Å². The van der Waals surface area contributed by atoms with Crippen molar-refractivity contribution in [3.8, 4) is 5.75 Å². The van der Waals surface area contributed by atoms with Crippen molar-refractivity contribution in [1.29, 1.82) is 0 Å². The minimum absolute atomic E-state index is 0.219. The molecule has 4 heteroatoms. The predicted molar refractivity (Wildman–Crippen MR) is 72.7 cm³/mol. The molecule has 0 heterocycles. The smallest absolute Gasteiger partial charge is 0.123 e. The molecule has 0 aliphatic heterocycles. The minimum Gasteiger partial charge on any atom is -0.491 e. The van der Waals surface area contributed by atoms with E-state index >= 15 is 0 Å². The molecule has 1 aromatic rings. The lowest BCUT2D eigenvalue weighted by Gasteiger charge is -2.15. The van der Waals surface area contributed by atoms with Gasteiger partial charge in [-0.25, -0.2) is 4.39 Å². The van der Waals surface area contributed by atoms with E-state index in [9.17, 15) is 9.50 Å². The van der Waals surface area contributed by atoms with Crippen molar-refractivity contribution in [2.24, 2.45) is 11.8 Å². The van der Waals surface area contributed by atoms with Gasteiger partial charge in [0.1, 0.15) is 24.3 Å². The van der Waals surface area contributed by atoms with Gasteiger partial charge < -0.3 is 15.2 Å². The van der Waals surface area contributed by atoms with Gasteiger partial charge in [-0.2, -0.15) is 0 Å². The molecule has 19 heavy (non-hydrogen) atoms. The quantitative estimate of drug-likeness (QED) is 0.758. The highest BCUT2D eigenvalue weighted by Crippen LogP contribution is 2.35. The molecule has 0 bridgehead atoms. The Morgan fingerprint density at radius 3 is 2.63 bits per heavy atom. The summed E-state index contributed by atoms with van der Waals surface area (Å²) in [4.78, 5) is 0. The van der Waals surface area contributed by atoms with Crippen LogP contribution in [0.4, 0.5) is 4.39 Å². The Morgan fingerprint density at radius 1 is 1.32 bits per heavy atom. The number of aliphatic hydroxyl groups excluding tert-OH is 1. The van der Waals surface area contributed by atoms with Crippen LogP contribution in [0.5, 0.6) is 5.75 Å². The summed E-state index contributed by atoms with van der Waals surface area (Å²) in [5.74, 6) is 1.85. The zero-order valence-electron chi connectivity index (χ0n) is 11.3. The third kappa shape index (κ3) is 5.17. The highest BCUT2D eigenvalue weighted by molar-refractivity contribution is 5.22. The first-order valence-corrected chi connectivity index (χ1v) is 6.92. The van der Waals surface area contributed by atoms with Crippen LogP contribution in [0, 0.1) is 17.7 Å². The van der Waals surface area contributed by atoms with Gasteiger partial charge in [-0.15, -0.1) is 0 Å². The van der Waals surface area contributed by atoms with E-state index in [2.05, 4.69) is 12.2 Å². The predicted octanol–water partition coefficient (Wildman–Crippen LogP) is 2.20. The number of hydrogen-bond acceptors (Lipinski definition) is 3. The maximum absolute atomic E-state index is 12.7. The molecule has 106 valence electrons. The average Bonchev–Trinajstić information content (AvgIpc) is 3.22. The van der Waals surface area contributed by atoms with Crippen LogP contribution in [0.1, 0.15) is 19.8 Å². The van der Waals surface area contributed by atoms with Crippen molar-refractivity contribution in [3.63, 3.8) is 0 Å². The molecule has 0 aromatic heterocycles. The molecule has 0 radical (unpaired) electrons. The Hall–Kier alpha value is -1.13. The summed E-state index contributed by atoms with van der Waals surface area (Å²) in [5.41, 5.74) is 0. The van der Waals surface area contributed by atoms with Gasteiger partial charge in [0.05, 0.1) is 0 Å².